The summed E-state index contributed by atoms with van der Waals surface area (Å²) in [4.78, 5) is 28.9. The number of aliphatic hydroxyl groups is 5. The van der Waals surface area contributed by atoms with Crippen LogP contribution in [-0.4, -0.2) is 79.4 Å². The van der Waals surface area contributed by atoms with Crippen molar-refractivity contribution in [3.63, 3.8) is 0 Å². The fourth-order valence-corrected chi connectivity index (χ4v) is 13.6. The number of phenolic OH excluding ortho intramolecular Hbond substituents is 1. The minimum absolute atomic E-state index is 0.0350. The molecule has 0 aromatic heterocycles. The van der Waals surface area contributed by atoms with Crippen molar-refractivity contribution in [3.8, 4) is 5.75 Å². The Labute approximate surface area is 433 Å². The van der Waals surface area contributed by atoms with Crippen LogP contribution in [0.2, 0.25) is 0 Å². The highest BCUT2D eigenvalue weighted by Crippen LogP contribution is 2.63. The van der Waals surface area contributed by atoms with Gasteiger partial charge in [0.1, 0.15) is 18.0 Å². The number of hydrogen-bond donors (Lipinski definition) is 9. The number of Topliss-reactive ketones (excluding diaryl/α,β-unsaturated/α-hetero) is 1. The van der Waals surface area contributed by atoms with Crippen molar-refractivity contribution >= 4 is 11.7 Å². The second-order valence-corrected chi connectivity index (χ2v) is 22.5. The molecule has 0 radical (unpaired) electrons. The number of phenols is 1. The van der Waals surface area contributed by atoms with Crippen LogP contribution >= 0.6 is 0 Å². The Morgan fingerprint density at radius 1 is 0.932 bits per heavy atom. The molecule has 3 aromatic rings. The molecule has 10 unspecified atom stereocenters. The maximum atomic E-state index is 14.9. The number of carbonyl (C=O) groups is 2. The third-order valence-electron chi connectivity index (χ3n) is 17.9. The van der Waals surface area contributed by atoms with E-state index in [1.807, 2.05) is 80.6 Å². The standard InChI is InChI=1S/C62H81N3O8/c1-38(11-7-13-39(2)44-16-5-6-17-44)12-8-19-46(37-66)51-28-30-62(58(51)71)53-26-25-49(68)34-43-15-9-14-42(31-43)33-47(32-41-21-23-48(67)24-22-41)55(70)36-64-57-56-45(18-10-20-52(56)59(63)65-60(57)72)35-54(69)40(3)50(53)27-29-61(62,4)73/h8-10,12-15,18-24,31,44,47,49,51,53,55,57-59,64,66-68,70-71,73H,1,5-7,11,16-17,25-30,32-37,63H2,2-4H3,(H,65,72). The molecule has 2 bridgehead atoms. The summed E-state index contributed by atoms with van der Waals surface area (Å²) < 4.78 is 0. The van der Waals surface area contributed by atoms with Gasteiger partial charge in [0, 0.05) is 24.3 Å². The van der Waals surface area contributed by atoms with Crippen LogP contribution in [0, 0.1) is 29.1 Å². The number of ketones is 1. The monoisotopic (exact) mass is 996 g/mol. The molecule has 11 nitrogen and oxygen atoms in total. The first-order valence-corrected chi connectivity index (χ1v) is 27.1. The van der Waals surface area contributed by atoms with E-state index in [0.29, 0.717) is 91.5 Å². The zero-order chi connectivity index (χ0) is 52.0. The van der Waals surface area contributed by atoms with Crippen LogP contribution in [0.3, 0.4) is 0 Å². The molecule has 392 valence electrons. The van der Waals surface area contributed by atoms with Crippen molar-refractivity contribution in [1.82, 2.24) is 10.6 Å². The number of hydrogen-bond acceptors (Lipinski definition) is 10. The Balaban J connectivity index is 1.13. The molecule has 3 fully saturated rings. The van der Waals surface area contributed by atoms with Crippen LogP contribution in [0.5, 0.6) is 5.75 Å². The molecular formula is C62H81N3O8. The van der Waals surface area contributed by atoms with Crippen LogP contribution < -0.4 is 16.4 Å². The van der Waals surface area contributed by atoms with E-state index < -0.39 is 53.4 Å². The molecule has 1 spiro atoms. The summed E-state index contributed by atoms with van der Waals surface area (Å²) >= 11 is 0. The van der Waals surface area contributed by atoms with E-state index in [2.05, 4.69) is 36.3 Å². The summed E-state index contributed by atoms with van der Waals surface area (Å²) in [6.07, 6.45) is 15.2. The van der Waals surface area contributed by atoms with E-state index in [4.69, 9.17) is 5.73 Å². The molecule has 3 saturated carbocycles. The first kappa shape index (κ1) is 54.3. The van der Waals surface area contributed by atoms with Gasteiger partial charge in [0.05, 0.1) is 30.5 Å². The molecule has 3 aromatic carbocycles. The molecule has 11 heteroatoms. The van der Waals surface area contributed by atoms with Crippen LogP contribution in [0.1, 0.15) is 143 Å². The number of allylic oxidation sites excluding steroid dienone is 8. The molecular weight excluding hydrogens is 915 g/mol. The zero-order valence-corrected chi connectivity index (χ0v) is 43.4. The third kappa shape index (κ3) is 12.1. The van der Waals surface area contributed by atoms with E-state index >= 15 is 0 Å². The van der Waals surface area contributed by atoms with E-state index in [1.54, 1.807) is 12.1 Å². The lowest BCUT2D eigenvalue weighted by molar-refractivity contribution is -0.168. The number of nitrogens with one attached hydrogen (secondary N) is 2. The SMILES string of the molecule is C=C(C=CC=C(CO)C1CCC2(C3CCC(O)Cc4cccc(c4)CC(Cc4ccc(O)cc4)C(O)CNC4C(=O)NC(N)c5cccc(c54)CC(=O)C(C)=C3CCC2(C)O)C1O)CCC=C(C)C1CCCC1. The molecule has 10 N–H and O–H groups in total. The first-order chi connectivity index (χ1) is 35.0. The van der Waals surface area contributed by atoms with Gasteiger partial charge in [-0.15, -0.1) is 0 Å². The van der Waals surface area contributed by atoms with E-state index in [-0.39, 0.29) is 42.9 Å². The molecule has 73 heavy (non-hydrogen) atoms. The minimum Gasteiger partial charge on any atom is -0.508 e. The maximum Gasteiger partial charge on any atom is 0.243 e. The second-order valence-electron chi connectivity index (χ2n) is 22.5. The predicted octanol–water partition coefficient (Wildman–Crippen LogP) is 8.56. The number of carbonyl (C=O) groups excluding carboxylic acids is 2. The fraction of sp³-hybridized carbons (Fsp3) is 0.516. The van der Waals surface area contributed by atoms with Gasteiger partial charge in [-0.05, 0) is 179 Å². The normalized spacial score (nSPS) is 31.1. The second kappa shape index (κ2) is 23.7. The summed E-state index contributed by atoms with van der Waals surface area (Å²) in [7, 11) is 0. The minimum atomic E-state index is -1.34. The quantitative estimate of drug-likeness (QED) is 0.0699. The average Bonchev–Trinajstić information content (AvgIpc) is 4.03. The van der Waals surface area contributed by atoms with Gasteiger partial charge in [0.15, 0.2) is 5.78 Å². The van der Waals surface area contributed by atoms with Gasteiger partial charge >= 0.3 is 0 Å². The summed E-state index contributed by atoms with van der Waals surface area (Å²) in [6.45, 7) is 9.98. The fourth-order valence-electron chi connectivity index (χ4n) is 13.6. The van der Waals surface area contributed by atoms with Crippen molar-refractivity contribution in [2.45, 2.75) is 160 Å². The smallest absolute Gasteiger partial charge is 0.243 e. The highest BCUT2D eigenvalue weighted by molar-refractivity contribution is 5.98. The van der Waals surface area contributed by atoms with Crippen molar-refractivity contribution < 1.29 is 40.2 Å². The summed E-state index contributed by atoms with van der Waals surface area (Å²) in [6, 6.07) is 19.6. The van der Waals surface area contributed by atoms with Crippen molar-refractivity contribution in [1.29, 1.82) is 0 Å². The highest BCUT2D eigenvalue weighted by Gasteiger charge is 2.64. The van der Waals surface area contributed by atoms with Crippen molar-refractivity contribution in [2.75, 3.05) is 13.2 Å². The lowest BCUT2D eigenvalue weighted by Gasteiger charge is -2.56. The van der Waals surface area contributed by atoms with Gasteiger partial charge in [0.25, 0.3) is 0 Å². The van der Waals surface area contributed by atoms with E-state index in [1.165, 1.54) is 31.3 Å². The van der Waals surface area contributed by atoms with Crippen molar-refractivity contribution in [2.24, 2.45) is 34.8 Å². The molecule has 1 amide bonds. The van der Waals surface area contributed by atoms with Crippen LogP contribution in [0.4, 0.5) is 0 Å². The van der Waals surface area contributed by atoms with E-state index in [0.717, 1.165) is 40.7 Å². The van der Waals surface area contributed by atoms with Gasteiger partial charge in [-0.25, -0.2) is 0 Å². The summed E-state index contributed by atoms with van der Waals surface area (Å²) in [5.74, 6) is -0.913. The van der Waals surface area contributed by atoms with Crippen LogP contribution in [0.25, 0.3) is 0 Å². The molecule has 2 aliphatic heterocycles. The Hall–Kier alpha value is -4.98. The van der Waals surface area contributed by atoms with E-state index in [9.17, 15) is 40.2 Å². The summed E-state index contributed by atoms with van der Waals surface area (Å²) in [5, 5.41) is 76.7. The Morgan fingerprint density at radius 3 is 2.40 bits per heavy atom. The molecule has 5 aliphatic rings. The number of amides is 1. The lowest BCUT2D eigenvalue weighted by Crippen LogP contribution is -2.59. The molecule has 8 rings (SSSR count). The first-order valence-electron chi connectivity index (χ1n) is 27.1. The number of β-amino-alcohol motifs (C(OH)–C–C–N with tert-alkyl or cyclic N) is 1. The maximum absolute atomic E-state index is 14.9. The van der Waals surface area contributed by atoms with Gasteiger partial charge in [-0.3, -0.25) is 14.9 Å². The predicted molar refractivity (Wildman–Crippen MR) is 287 cm³/mol. The lowest BCUT2D eigenvalue weighted by atomic mass is 9.52. The van der Waals surface area contributed by atoms with Crippen molar-refractivity contribution in [3.05, 3.63) is 159 Å². The largest absolute Gasteiger partial charge is 0.508 e. The number of fused-ring (bicyclic) bond motifs is 4. The molecule has 10 atom stereocenters. The Bertz CT molecular complexity index is 2590. The van der Waals surface area contributed by atoms with Gasteiger partial charge in [-0.1, -0.05) is 115 Å². The number of nitrogens with two attached hydrogens (primary N) is 1. The topological polar surface area (TPSA) is 206 Å². The summed E-state index contributed by atoms with van der Waals surface area (Å²) in [5.41, 5.74) is 13.4. The number of benzene rings is 3. The van der Waals surface area contributed by atoms with Gasteiger partial charge in [-0.2, -0.15) is 0 Å². The Morgan fingerprint density at radius 2 is 1.66 bits per heavy atom. The molecule has 0 saturated heterocycles. The highest BCUT2D eigenvalue weighted by atomic mass is 16.3. The van der Waals surface area contributed by atoms with Gasteiger partial charge < -0.3 is 41.7 Å². The number of rotatable bonds is 10. The van der Waals surface area contributed by atoms with Crippen LogP contribution in [-0.2, 0) is 35.3 Å². The molecule has 3 aliphatic carbocycles. The third-order valence-corrected chi connectivity index (χ3v) is 17.9. The zero-order valence-electron chi connectivity index (χ0n) is 43.4. The molecule has 2 heterocycles. The van der Waals surface area contributed by atoms with Gasteiger partial charge in [0.2, 0.25) is 5.91 Å². The number of aromatic hydroxyl groups is 1. The average molecular weight is 996 g/mol. The number of aliphatic hydroxyl groups excluding tert-OH is 4. The van der Waals surface area contributed by atoms with Crippen LogP contribution in [0.15, 0.2) is 125 Å². The Kier molecular flexibility index (Phi) is 17.6.